The average molecular weight is 247 g/mol. The Hall–Kier alpha value is -1.09. The number of hydrogen-bond donors (Lipinski definition) is 1. The molecule has 1 aromatic heterocycles. The predicted octanol–water partition coefficient (Wildman–Crippen LogP) is 2.75. The fourth-order valence-electron chi connectivity index (χ4n) is 2.46. The van der Waals surface area contributed by atoms with Crippen molar-refractivity contribution in [3.8, 4) is 0 Å². The molecule has 0 bridgehead atoms. The molecule has 1 unspecified atom stereocenters. The fourth-order valence-corrected chi connectivity index (χ4v) is 2.46. The molecule has 2 rings (SSSR count). The van der Waals surface area contributed by atoms with Gasteiger partial charge in [-0.05, 0) is 52.7 Å². The molecular weight excluding hydrogens is 222 g/mol. The van der Waals surface area contributed by atoms with Gasteiger partial charge < -0.3 is 10.2 Å². The van der Waals surface area contributed by atoms with E-state index in [1.165, 1.54) is 12.8 Å². The minimum Gasteiger partial charge on any atom is -0.352 e. The van der Waals surface area contributed by atoms with E-state index in [2.05, 4.69) is 61.1 Å². The van der Waals surface area contributed by atoms with Gasteiger partial charge in [0.15, 0.2) is 0 Å². The largest absolute Gasteiger partial charge is 0.352 e. The summed E-state index contributed by atoms with van der Waals surface area (Å²) in [5.41, 5.74) is 1.29. The highest BCUT2D eigenvalue weighted by molar-refractivity contribution is 5.41. The first-order valence-corrected chi connectivity index (χ1v) is 6.91. The highest BCUT2D eigenvalue weighted by Crippen LogP contribution is 2.23. The lowest BCUT2D eigenvalue weighted by Crippen LogP contribution is -2.45. The third-order valence-corrected chi connectivity index (χ3v) is 3.41. The summed E-state index contributed by atoms with van der Waals surface area (Å²) in [5.74, 6) is 1.13. The maximum atomic E-state index is 4.65. The van der Waals surface area contributed by atoms with E-state index in [1.54, 1.807) is 0 Å². The van der Waals surface area contributed by atoms with E-state index < -0.39 is 0 Å². The number of nitrogens with zero attached hydrogens (tertiary/aromatic N) is 2. The second-order valence-corrected chi connectivity index (χ2v) is 6.26. The van der Waals surface area contributed by atoms with Crippen LogP contribution in [-0.4, -0.2) is 29.7 Å². The third-order valence-electron chi connectivity index (χ3n) is 3.41. The normalized spacial score (nSPS) is 20.4. The first-order valence-electron chi connectivity index (χ1n) is 6.91. The maximum Gasteiger partial charge on any atom is 0.129 e. The summed E-state index contributed by atoms with van der Waals surface area (Å²) in [6.45, 7) is 10.9. The van der Waals surface area contributed by atoms with Crippen molar-refractivity contribution >= 4 is 5.82 Å². The zero-order valence-corrected chi connectivity index (χ0v) is 12.0. The van der Waals surface area contributed by atoms with Gasteiger partial charge in [0.2, 0.25) is 0 Å². The number of hydrogen-bond acceptors (Lipinski definition) is 3. The van der Waals surface area contributed by atoms with Gasteiger partial charge in [-0.25, -0.2) is 4.98 Å². The Bertz CT molecular complexity index is 395. The Kier molecular flexibility index (Phi) is 3.91. The fraction of sp³-hybridized carbons (Fsp3) is 0.667. The molecule has 1 N–H and O–H groups in total. The molecule has 0 aromatic carbocycles. The van der Waals surface area contributed by atoms with Gasteiger partial charge >= 0.3 is 0 Å². The van der Waals surface area contributed by atoms with Crippen LogP contribution in [0, 0.1) is 6.92 Å². The van der Waals surface area contributed by atoms with Crippen molar-refractivity contribution in [1.29, 1.82) is 0 Å². The number of pyridine rings is 1. The monoisotopic (exact) mass is 247 g/mol. The second-order valence-electron chi connectivity index (χ2n) is 6.26. The van der Waals surface area contributed by atoms with Crippen molar-refractivity contribution in [1.82, 2.24) is 10.3 Å². The molecule has 0 spiro atoms. The van der Waals surface area contributed by atoms with Gasteiger partial charge in [0.1, 0.15) is 5.82 Å². The lowest BCUT2D eigenvalue weighted by molar-refractivity contribution is 0.404. The number of anilines is 1. The molecule has 1 aromatic rings. The molecule has 1 aliphatic heterocycles. The van der Waals surface area contributed by atoms with Gasteiger partial charge in [-0.1, -0.05) is 6.07 Å². The van der Waals surface area contributed by atoms with Gasteiger partial charge in [0.05, 0.1) is 0 Å². The maximum absolute atomic E-state index is 4.65. The van der Waals surface area contributed by atoms with Gasteiger partial charge in [0.25, 0.3) is 0 Å². The summed E-state index contributed by atoms with van der Waals surface area (Å²) < 4.78 is 0. The SMILES string of the molecule is Cc1cccc(N2CCCC2CNC(C)(C)C)n1. The molecule has 3 heteroatoms. The topological polar surface area (TPSA) is 28.2 Å². The molecule has 0 amide bonds. The van der Waals surface area contributed by atoms with E-state index in [4.69, 9.17) is 0 Å². The van der Waals surface area contributed by atoms with Gasteiger partial charge in [0, 0.05) is 30.4 Å². The Morgan fingerprint density at radius 3 is 2.83 bits per heavy atom. The summed E-state index contributed by atoms with van der Waals surface area (Å²) in [6.07, 6.45) is 2.53. The summed E-state index contributed by atoms with van der Waals surface area (Å²) in [7, 11) is 0. The number of rotatable bonds is 3. The quantitative estimate of drug-likeness (QED) is 0.890. The standard InChI is InChI=1S/C15H25N3/c1-12-7-5-9-14(17-12)18-10-6-8-13(18)11-16-15(2,3)4/h5,7,9,13,16H,6,8,10-11H2,1-4H3. The molecular formula is C15H25N3. The molecule has 3 nitrogen and oxygen atoms in total. The van der Waals surface area contributed by atoms with Crippen molar-refractivity contribution in [2.24, 2.45) is 0 Å². The van der Waals surface area contributed by atoms with Gasteiger partial charge in [-0.3, -0.25) is 0 Å². The predicted molar refractivity (Wildman–Crippen MR) is 77.1 cm³/mol. The molecule has 100 valence electrons. The molecule has 0 aliphatic carbocycles. The summed E-state index contributed by atoms with van der Waals surface area (Å²) in [5, 5.41) is 3.61. The van der Waals surface area contributed by atoms with Crippen molar-refractivity contribution in [3.63, 3.8) is 0 Å². The Morgan fingerprint density at radius 2 is 2.17 bits per heavy atom. The van der Waals surface area contributed by atoms with Crippen molar-refractivity contribution in [2.45, 2.75) is 52.1 Å². The van der Waals surface area contributed by atoms with Crippen LogP contribution in [0.2, 0.25) is 0 Å². The lowest BCUT2D eigenvalue weighted by Gasteiger charge is -2.29. The van der Waals surface area contributed by atoms with Crippen LogP contribution in [0.3, 0.4) is 0 Å². The summed E-state index contributed by atoms with van der Waals surface area (Å²) in [4.78, 5) is 7.10. The Labute approximate surface area is 111 Å². The number of nitrogens with one attached hydrogen (secondary N) is 1. The smallest absolute Gasteiger partial charge is 0.129 e. The molecule has 2 heterocycles. The van der Waals surface area contributed by atoms with Crippen LogP contribution in [0.1, 0.15) is 39.3 Å². The molecule has 1 atom stereocenters. The van der Waals surface area contributed by atoms with Crippen molar-refractivity contribution in [2.75, 3.05) is 18.0 Å². The minimum atomic E-state index is 0.189. The van der Waals surface area contributed by atoms with Crippen LogP contribution < -0.4 is 10.2 Å². The third kappa shape index (κ3) is 3.45. The van der Waals surface area contributed by atoms with Crippen LogP contribution in [0.25, 0.3) is 0 Å². The average Bonchev–Trinajstić information content (AvgIpc) is 2.73. The first-order chi connectivity index (χ1) is 8.46. The van der Waals surface area contributed by atoms with E-state index in [-0.39, 0.29) is 5.54 Å². The lowest BCUT2D eigenvalue weighted by atomic mass is 10.1. The van der Waals surface area contributed by atoms with E-state index in [0.29, 0.717) is 6.04 Å². The van der Waals surface area contributed by atoms with E-state index in [9.17, 15) is 0 Å². The molecule has 18 heavy (non-hydrogen) atoms. The summed E-state index contributed by atoms with van der Waals surface area (Å²) >= 11 is 0. The van der Waals surface area contributed by atoms with E-state index in [0.717, 1.165) is 24.6 Å². The Balaban J connectivity index is 2.03. The second kappa shape index (κ2) is 5.27. The van der Waals surface area contributed by atoms with Crippen molar-refractivity contribution in [3.05, 3.63) is 23.9 Å². The molecule has 1 saturated heterocycles. The zero-order chi connectivity index (χ0) is 13.2. The van der Waals surface area contributed by atoms with Crippen LogP contribution >= 0.6 is 0 Å². The molecule has 0 saturated carbocycles. The highest BCUT2D eigenvalue weighted by Gasteiger charge is 2.26. The van der Waals surface area contributed by atoms with E-state index >= 15 is 0 Å². The van der Waals surface area contributed by atoms with Gasteiger partial charge in [-0.15, -0.1) is 0 Å². The Morgan fingerprint density at radius 1 is 1.39 bits per heavy atom. The number of aromatic nitrogens is 1. The molecule has 1 fully saturated rings. The van der Waals surface area contributed by atoms with Crippen LogP contribution in [0.4, 0.5) is 5.82 Å². The molecule has 0 radical (unpaired) electrons. The van der Waals surface area contributed by atoms with Crippen LogP contribution in [0.15, 0.2) is 18.2 Å². The minimum absolute atomic E-state index is 0.189. The van der Waals surface area contributed by atoms with E-state index in [1.807, 2.05) is 0 Å². The number of aryl methyl sites for hydroxylation is 1. The van der Waals surface area contributed by atoms with Crippen LogP contribution in [-0.2, 0) is 0 Å². The zero-order valence-electron chi connectivity index (χ0n) is 12.0. The highest BCUT2D eigenvalue weighted by atomic mass is 15.2. The van der Waals surface area contributed by atoms with Crippen LogP contribution in [0.5, 0.6) is 0 Å². The summed E-state index contributed by atoms with van der Waals surface area (Å²) in [6, 6.07) is 6.87. The van der Waals surface area contributed by atoms with Crippen molar-refractivity contribution < 1.29 is 0 Å². The molecule has 1 aliphatic rings. The first kappa shape index (κ1) is 13.3. The van der Waals surface area contributed by atoms with Gasteiger partial charge in [-0.2, -0.15) is 0 Å².